The molecule has 0 amide bonds. The number of benzene rings is 3. The number of fused-ring (bicyclic) bond motifs is 4. The van der Waals surface area contributed by atoms with Crippen LogP contribution < -0.4 is 5.46 Å². The molecule has 1 aromatic heterocycles. The van der Waals surface area contributed by atoms with Crippen LogP contribution in [0.15, 0.2) is 54.6 Å². The van der Waals surface area contributed by atoms with Gasteiger partial charge in [-0.1, -0.05) is 36.4 Å². The minimum absolute atomic E-state index is 0.536. The highest BCUT2D eigenvalue weighted by atomic mass is 32.1. The van der Waals surface area contributed by atoms with Crippen LogP contribution in [0.25, 0.3) is 30.9 Å². The summed E-state index contributed by atoms with van der Waals surface area (Å²) in [6.07, 6.45) is 0. The van der Waals surface area contributed by atoms with Gasteiger partial charge in [-0.15, -0.1) is 11.3 Å². The summed E-state index contributed by atoms with van der Waals surface area (Å²) in [5.41, 5.74) is 0.536. The summed E-state index contributed by atoms with van der Waals surface area (Å²) in [6.45, 7) is 0. The molecule has 2 N–H and O–H groups in total. The fourth-order valence-electron chi connectivity index (χ4n) is 2.64. The third-order valence-corrected chi connectivity index (χ3v) is 4.78. The molecule has 4 aromatic rings. The highest BCUT2D eigenvalue weighted by Crippen LogP contribution is 2.35. The van der Waals surface area contributed by atoms with E-state index in [4.69, 9.17) is 0 Å². The Balaban J connectivity index is 2.10. The predicted molar refractivity (Wildman–Crippen MR) is 86.7 cm³/mol. The summed E-state index contributed by atoms with van der Waals surface area (Å²) in [5, 5.41) is 23.4. The van der Waals surface area contributed by atoms with Gasteiger partial charge in [0, 0.05) is 20.2 Å². The van der Waals surface area contributed by atoms with Gasteiger partial charge >= 0.3 is 7.12 Å². The molecule has 0 saturated heterocycles. The minimum atomic E-state index is -1.41. The van der Waals surface area contributed by atoms with E-state index in [1.54, 1.807) is 17.4 Å². The van der Waals surface area contributed by atoms with Crippen molar-refractivity contribution in [2.24, 2.45) is 0 Å². The topological polar surface area (TPSA) is 40.5 Å². The van der Waals surface area contributed by atoms with Gasteiger partial charge in [0.05, 0.1) is 0 Å². The molecule has 0 saturated carbocycles. The molecule has 0 spiro atoms. The van der Waals surface area contributed by atoms with Gasteiger partial charge in [-0.25, -0.2) is 0 Å². The molecule has 4 rings (SSSR count). The van der Waals surface area contributed by atoms with Gasteiger partial charge in [0.1, 0.15) is 0 Å². The van der Waals surface area contributed by atoms with E-state index in [1.165, 1.54) is 26.2 Å². The predicted octanol–water partition coefficient (Wildman–Crippen LogP) is 2.89. The van der Waals surface area contributed by atoms with Crippen LogP contribution in [-0.2, 0) is 0 Å². The maximum absolute atomic E-state index is 9.27. The lowest BCUT2D eigenvalue weighted by Gasteiger charge is -1.99. The lowest BCUT2D eigenvalue weighted by molar-refractivity contribution is 0.426. The van der Waals surface area contributed by atoms with Crippen LogP contribution >= 0.6 is 11.3 Å². The average Bonchev–Trinajstić information content (AvgIpc) is 2.81. The molecule has 0 bridgehead atoms. The van der Waals surface area contributed by atoms with E-state index in [0.29, 0.717) is 5.46 Å². The summed E-state index contributed by atoms with van der Waals surface area (Å²) >= 11 is 1.69. The van der Waals surface area contributed by atoms with E-state index in [-0.39, 0.29) is 0 Å². The summed E-state index contributed by atoms with van der Waals surface area (Å²) in [7, 11) is -1.41. The van der Waals surface area contributed by atoms with Crippen molar-refractivity contribution < 1.29 is 10.0 Å². The quantitative estimate of drug-likeness (QED) is 0.526. The Hall–Kier alpha value is -1.88. The Bertz CT molecular complexity index is 943. The maximum Gasteiger partial charge on any atom is 0.488 e. The second-order valence-corrected chi connectivity index (χ2v) is 6.01. The molecule has 0 radical (unpaired) electrons. The van der Waals surface area contributed by atoms with Crippen molar-refractivity contribution >= 4 is 54.9 Å². The highest BCUT2D eigenvalue weighted by molar-refractivity contribution is 7.26. The standard InChI is InChI=1S/C16H11BO2S/c18-17(19)12-5-6-13-14-7-10-3-1-2-4-11(10)8-15(14)20-16(13)9-12/h1-9,18-19H. The first-order valence-electron chi connectivity index (χ1n) is 6.43. The Kier molecular flexibility index (Phi) is 2.57. The lowest BCUT2D eigenvalue weighted by Crippen LogP contribution is -2.29. The first-order valence-corrected chi connectivity index (χ1v) is 7.25. The van der Waals surface area contributed by atoms with Crippen LogP contribution in [-0.4, -0.2) is 17.2 Å². The van der Waals surface area contributed by atoms with Gasteiger partial charge in [0.15, 0.2) is 0 Å². The van der Waals surface area contributed by atoms with Gasteiger partial charge in [-0.3, -0.25) is 0 Å². The van der Waals surface area contributed by atoms with Crippen molar-refractivity contribution in [3.8, 4) is 0 Å². The van der Waals surface area contributed by atoms with Crippen LogP contribution in [0.1, 0.15) is 0 Å². The zero-order valence-corrected chi connectivity index (χ0v) is 11.4. The summed E-state index contributed by atoms with van der Waals surface area (Å²) in [6, 6.07) is 18.3. The Morgan fingerprint density at radius 1 is 0.750 bits per heavy atom. The molecular weight excluding hydrogens is 267 g/mol. The Morgan fingerprint density at radius 2 is 1.45 bits per heavy atom. The largest absolute Gasteiger partial charge is 0.488 e. The SMILES string of the molecule is OB(O)c1ccc2c(c1)sc1cc3ccccc3cc12. The third-order valence-electron chi connectivity index (χ3n) is 3.66. The van der Waals surface area contributed by atoms with Gasteiger partial charge in [0.25, 0.3) is 0 Å². The fourth-order valence-corrected chi connectivity index (χ4v) is 3.82. The van der Waals surface area contributed by atoms with Crippen LogP contribution in [0.5, 0.6) is 0 Å². The van der Waals surface area contributed by atoms with Crippen molar-refractivity contribution in [3.63, 3.8) is 0 Å². The molecule has 0 aliphatic rings. The molecule has 1 heterocycles. The minimum Gasteiger partial charge on any atom is -0.423 e. The summed E-state index contributed by atoms with van der Waals surface area (Å²) < 4.78 is 2.31. The summed E-state index contributed by atoms with van der Waals surface area (Å²) in [4.78, 5) is 0. The molecule has 2 nitrogen and oxygen atoms in total. The molecule has 20 heavy (non-hydrogen) atoms. The zero-order chi connectivity index (χ0) is 13.7. The van der Waals surface area contributed by atoms with Gasteiger partial charge in [-0.2, -0.15) is 0 Å². The number of thiophene rings is 1. The van der Waals surface area contributed by atoms with Crippen molar-refractivity contribution in [1.82, 2.24) is 0 Å². The first-order chi connectivity index (χ1) is 9.72. The molecule has 3 aromatic carbocycles. The lowest BCUT2D eigenvalue weighted by atomic mass is 9.80. The highest BCUT2D eigenvalue weighted by Gasteiger charge is 2.13. The molecule has 96 valence electrons. The second-order valence-electron chi connectivity index (χ2n) is 4.93. The molecule has 0 atom stereocenters. The van der Waals surface area contributed by atoms with E-state index < -0.39 is 7.12 Å². The van der Waals surface area contributed by atoms with E-state index in [9.17, 15) is 10.0 Å². The average molecular weight is 278 g/mol. The van der Waals surface area contributed by atoms with Crippen LogP contribution in [0.4, 0.5) is 0 Å². The normalized spacial score (nSPS) is 11.5. The van der Waals surface area contributed by atoms with Crippen LogP contribution in [0.3, 0.4) is 0 Å². The first kappa shape index (κ1) is 11.9. The molecular formula is C16H11BO2S. The molecule has 0 fully saturated rings. The van der Waals surface area contributed by atoms with E-state index in [2.05, 4.69) is 24.3 Å². The Morgan fingerprint density at radius 3 is 2.20 bits per heavy atom. The molecule has 0 aliphatic heterocycles. The maximum atomic E-state index is 9.27. The number of hydrogen-bond donors (Lipinski definition) is 2. The number of hydrogen-bond acceptors (Lipinski definition) is 3. The van der Waals surface area contributed by atoms with E-state index >= 15 is 0 Å². The van der Waals surface area contributed by atoms with Crippen molar-refractivity contribution in [2.75, 3.05) is 0 Å². The summed E-state index contributed by atoms with van der Waals surface area (Å²) in [5.74, 6) is 0. The van der Waals surface area contributed by atoms with Crippen molar-refractivity contribution in [2.45, 2.75) is 0 Å². The third kappa shape index (κ3) is 1.73. The fraction of sp³-hybridized carbons (Fsp3) is 0. The van der Waals surface area contributed by atoms with Crippen LogP contribution in [0.2, 0.25) is 0 Å². The molecule has 0 unspecified atom stereocenters. The zero-order valence-electron chi connectivity index (χ0n) is 10.6. The smallest absolute Gasteiger partial charge is 0.423 e. The van der Waals surface area contributed by atoms with Crippen molar-refractivity contribution in [3.05, 3.63) is 54.6 Å². The van der Waals surface area contributed by atoms with E-state index in [0.717, 1.165) is 4.70 Å². The van der Waals surface area contributed by atoms with Gasteiger partial charge in [0.2, 0.25) is 0 Å². The monoisotopic (exact) mass is 278 g/mol. The van der Waals surface area contributed by atoms with Crippen molar-refractivity contribution in [1.29, 1.82) is 0 Å². The van der Waals surface area contributed by atoms with Gasteiger partial charge < -0.3 is 10.0 Å². The van der Waals surface area contributed by atoms with E-state index in [1.807, 2.05) is 24.3 Å². The van der Waals surface area contributed by atoms with Gasteiger partial charge in [-0.05, 0) is 34.4 Å². The molecule has 0 aliphatic carbocycles. The van der Waals surface area contributed by atoms with Crippen LogP contribution in [0, 0.1) is 0 Å². The number of rotatable bonds is 1. The second kappa shape index (κ2) is 4.31. The molecule has 4 heteroatoms. The Labute approximate surface area is 120 Å².